The molecule has 9 heteroatoms. The van der Waals surface area contributed by atoms with Crippen molar-refractivity contribution in [2.75, 3.05) is 38.6 Å². The highest BCUT2D eigenvalue weighted by atomic mass is 35.5. The first-order valence-electron chi connectivity index (χ1n) is 6.94. The van der Waals surface area contributed by atoms with E-state index in [1.54, 1.807) is 11.1 Å². The molecule has 0 radical (unpaired) electrons. The standard InChI is InChI=1S/C13H17ClN6OS/c1-18(2)13-17-10(14)9(22-13)11-15-3-5-19(11)7-8-20-6-4-16-12(20)21/h3,5H,4,6-8H2,1-2H3,(H,16,21). The molecule has 1 N–H and O–H groups in total. The maximum atomic E-state index is 11.6. The van der Waals surface area contributed by atoms with Gasteiger partial charge in [0.05, 0.1) is 0 Å². The number of rotatable bonds is 5. The summed E-state index contributed by atoms with van der Waals surface area (Å²) in [7, 11) is 3.86. The van der Waals surface area contributed by atoms with E-state index < -0.39 is 0 Å². The van der Waals surface area contributed by atoms with Gasteiger partial charge >= 0.3 is 6.03 Å². The molecule has 2 aromatic heterocycles. The summed E-state index contributed by atoms with van der Waals surface area (Å²) in [5.41, 5.74) is 0. The minimum Gasteiger partial charge on any atom is -0.354 e. The number of hydrogen-bond donors (Lipinski definition) is 1. The number of aromatic nitrogens is 3. The number of halogens is 1. The molecule has 2 aromatic rings. The molecule has 2 amide bonds. The molecule has 3 rings (SSSR count). The van der Waals surface area contributed by atoms with Gasteiger partial charge < -0.3 is 19.7 Å². The number of nitrogens with zero attached hydrogens (tertiary/aromatic N) is 5. The Labute approximate surface area is 137 Å². The first kappa shape index (κ1) is 15.1. The first-order valence-corrected chi connectivity index (χ1v) is 8.13. The van der Waals surface area contributed by atoms with Gasteiger partial charge in [0.15, 0.2) is 16.1 Å². The molecular weight excluding hydrogens is 324 g/mol. The van der Waals surface area contributed by atoms with Crippen LogP contribution < -0.4 is 10.2 Å². The lowest BCUT2D eigenvalue weighted by atomic mass is 10.4. The smallest absolute Gasteiger partial charge is 0.317 e. The zero-order valence-electron chi connectivity index (χ0n) is 12.4. The Hall–Kier alpha value is -1.80. The lowest BCUT2D eigenvalue weighted by Gasteiger charge is -2.15. The Morgan fingerprint density at radius 2 is 2.27 bits per heavy atom. The zero-order chi connectivity index (χ0) is 15.7. The van der Waals surface area contributed by atoms with Crippen LogP contribution in [0.3, 0.4) is 0 Å². The molecule has 0 bridgehead atoms. The third-order valence-corrected chi connectivity index (χ3v) is 5.04. The molecule has 0 aliphatic carbocycles. The van der Waals surface area contributed by atoms with Crippen molar-refractivity contribution in [1.29, 1.82) is 0 Å². The molecule has 118 valence electrons. The second-order valence-corrected chi connectivity index (χ2v) is 6.51. The van der Waals surface area contributed by atoms with Gasteiger partial charge in [-0.05, 0) is 0 Å². The number of amides is 2. The Bertz CT molecular complexity index is 682. The van der Waals surface area contributed by atoms with Gasteiger partial charge in [-0.15, -0.1) is 0 Å². The second-order valence-electron chi connectivity index (χ2n) is 5.17. The van der Waals surface area contributed by atoms with E-state index in [9.17, 15) is 4.79 Å². The first-order chi connectivity index (χ1) is 10.6. The largest absolute Gasteiger partial charge is 0.354 e. The van der Waals surface area contributed by atoms with Crippen LogP contribution in [0, 0.1) is 0 Å². The molecule has 0 unspecified atom stereocenters. The van der Waals surface area contributed by atoms with E-state index in [0.29, 0.717) is 24.8 Å². The summed E-state index contributed by atoms with van der Waals surface area (Å²) >= 11 is 7.75. The minimum atomic E-state index is -0.00705. The number of nitrogens with one attached hydrogen (secondary N) is 1. The van der Waals surface area contributed by atoms with Crippen LogP contribution in [0.1, 0.15) is 0 Å². The number of hydrogen-bond acceptors (Lipinski definition) is 5. The summed E-state index contributed by atoms with van der Waals surface area (Å²) in [6.45, 7) is 2.78. The van der Waals surface area contributed by atoms with E-state index in [1.807, 2.05) is 29.8 Å². The fraction of sp³-hybridized carbons (Fsp3) is 0.462. The third kappa shape index (κ3) is 2.89. The molecule has 22 heavy (non-hydrogen) atoms. The summed E-state index contributed by atoms with van der Waals surface area (Å²) in [5.74, 6) is 0.787. The van der Waals surface area contributed by atoms with Gasteiger partial charge in [-0.2, -0.15) is 0 Å². The van der Waals surface area contributed by atoms with Crippen molar-refractivity contribution < 1.29 is 4.79 Å². The highest BCUT2D eigenvalue weighted by molar-refractivity contribution is 7.19. The van der Waals surface area contributed by atoms with E-state index in [-0.39, 0.29) is 6.03 Å². The van der Waals surface area contributed by atoms with Crippen LogP contribution in [-0.2, 0) is 6.54 Å². The number of urea groups is 1. The maximum absolute atomic E-state index is 11.6. The fourth-order valence-corrected chi connectivity index (χ4v) is 3.50. The number of anilines is 1. The van der Waals surface area contributed by atoms with Crippen LogP contribution in [-0.4, -0.2) is 59.2 Å². The Morgan fingerprint density at radius 1 is 1.45 bits per heavy atom. The number of imidazole rings is 1. The molecule has 0 aromatic carbocycles. The Balaban J connectivity index is 1.78. The topological polar surface area (TPSA) is 66.3 Å². The normalized spacial score (nSPS) is 14.5. The van der Waals surface area contributed by atoms with Crippen LogP contribution in [0.4, 0.5) is 9.93 Å². The van der Waals surface area contributed by atoms with Gasteiger partial charge in [0.2, 0.25) is 0 Å². The Morgan fingerprint density at radius 3 is 2.91 bits per heavy atom. The molecule has 0 spiro atoms. The quantitative estimate of drug-likeness (QED) is 0.900. The highest BCUT2D eigenvalue weighted by Crippen LogP contribution is 2.36. The summed E-state index contributed by atoms with van der Waals surface area (Å²) < 4.78 is 2.00. The van der Waals surface area contributed by atoms with Crippen molar-refractivity contribution in [3.05, 3.63) is 17.5 Å². The Kier molecular flexibility index (Phi) is 4.21. The van der Waals surface area contributed by atoms with Crippen molar-refractivity contribution in [3.8, 4) is 10.7 Å². The molecule has 0 saturated carbocycles. The summed E-state index contributed by atoms with van der Waals surface area (Å²) in [4.78, 5) is 24.9. The van der Waals surface area contributed by atoms with Crippen molar-refractivity contribution >= 4 is 34.1 Å². The van der Waals surface area contributed by atoms with Crippen LogP contribution in [0.25, 0.3) is 10.7 Å². The predicted octanol–water partition coefficient (Wildman–Crippen LogP) is 1.75. The monoisotopic (exact) mass is 340 g/mol. The average molecular weight is 341 g/mol. The van der Waals surface area contributed by atoms with Gasteiger partial charge in [-0.25, -0.2) is 14.8 Å². The molecular formula is C13H17ClN6OS. The minimum absolute atomic E-state index is 0.00705. The molecule has 1 aliphatic heterocycles. The summed E-state index contributed by atoms with van der Waals surface area (Å²) in [5, 5.41) is 4.10. The van der Waals surface area contributed by atoms with E-state index >= 15 is 0 Å². The predicted molar refractivity (Wildman–Crippen MR) is 87.6 cm³/mol. The summed E-state index contributed by atoms with van der Waals surface area (Å²) in [6.07, 6.45) is 3.64. The second kappa shape index (κ2) is 6.13. The average Bonchev–Trinajstić information content (AvgIpc) is 3.16. The lowest BCUT2D eigenvalue weighted by Crippen LogP contribution is -2.31. The highest BCUT2D eigenvalue weighted by Gasteiger charge is 2.21. The molecule has 1 saturated heterocycles. The van der Waals surface area contributed by atoms with Crippen LogP contribution in [0.2, 0.25) is 5.15 Å². The van der Waals surface area contributed by atoms with Crippen molar-refractivity contribution in [2.45, 2.75) is 6.54 Å². The molecule has 1 aliphatic rings. The van der Waals surface area contributed by atoms with Gasteiger partial charge in [0, 0.05) is 52.7 Å². The fourth-order valence-electron chi connectivity index (χ4n) is 2.27. The number of thiazole rings is 1. The zero-order valence-corrected chi connectivity index (χ0v) is 14.0. The summed E-state index contributed by atoms with van der Waals surface area (Å²) in [6, 6.07) is -0.00705. The number of carbonyl (C=O) groups excluding carboxylic acids is 1. The van der Waals surface area contributed by atoms with E-state index in [2.05, 4.69) is 15.3 Å². The van der Waals surface area contributed by atoms with Gasteiger partial charge in [-0.1, -0.05) is 22.9 Å². The lowest BCUT2D eigenvalue weighted by molar-refractivity contribution is 0.215. The molecule has 0 atom stereocenters. The van der Waals surface area contributed by atoms with Gasteiger partial charge in [0.1, 0.15) is 4.88 Å². The van der Waals surface area contributed by atoms with Gasteiger partial charge in [0.25, 0.3) is 0 Å². The molecule has 7 nitrogen and oxygen atoms in total. The molecule has 1 fully saturated rings. The third-order valence-electron chi connectivity index (χ3n) is 3.43. The SMILES string of the molecule is CN(C)c1nc(Cl)c(-c2nccn2CCN2CCNC2=O)s1. The maximum Gasteiger partial charge on any atom is 0.317 e. The van der Waals surface area contributed by atoms with Crippen LogP contribution in [0.5, 0.6) is 0 Å². The number of carbonyl (C=O) groups is 1. The van der Waals surface area contributed by atoms with Crippen LogP contribution in [0.15, 0.2) is 12.4 Å². The van der Waals surface area contributed by atoms with E-state index in [0.717, 1.165) is 22.4 Å². The van der Waals surface area contributed by atoms with Crippen molar-refractivity contribution in [2.24, 2.45) is 0 Å². The van der Waals surface area contributed by atoms with Gasteiger partial charge in [-0.3, -0.25) is 0 Å². The van der Waals surface area contributed by atoms with Crippen molar-refractivity contribution in [3.63, 3.8) is 0 Å². The van der Waals surface area contributed by atoms with Crippen LogP contribution >= 0.6 is 22.9 Å². The van der Waals surface area contributed by atoms with E-state index in [1.165, 1.54) is 11.3 Å². The van der Waals surface area contributed by atoms with Crippen molar-refractivity contribution in [1.82, 2.24) is 24.8 Å². The molecule has 3 heterocycles. The van der Waals surface area contributed by atoms with E-state index in [4.69, 9.17) is 11.6 Å².